The molecule has 4 nitrogen and oxygen atoms in total. The molecule has 0 aliphatic rings. The van der Waals surface area contributed by atoms with Gasteiger partial charge in [-0.25, -0.2) is 9.97 Å². The fourth-order valence-corrected chi connectivity index (χ4v) is 2.53. The maximum absolute atomic E-state index is 11.8. The van der Waals surface area contributed by atoms with Crippen LogP contribution >= 0.6 is 46.1 Å². The second kappa shape index (κ2) is 5.18. The van der Waals surface area contributed by atoms with Crippen molar-refractivity contribution in [1.82, 2.24) is 9.97 Å². The van der Waals surface area contributed by atoms with Crippen LogP contribution in [0.15, 0.2) is 17.5 Å². The summed E-state index contributed by atoms with van der Waals surface area (Å²) in [6.07, 6.45) is 0. The fourth-order valence-electron chi connectivity index (χ4n) is 1.08. The molecule has 1 N–H and O–H groups in total. The first kappa shape index (κ1) is 12.6. The fraction of sp³-hybridized carbons (Fsp3) is 0. The predicted octanol–water partition coefficient (Wildman–Crippen LogP) is 3.75. The van der Waals surface area contributed by atoms with E-state index >= 15 is 0 Å². The van der Waals surface area contributed by atoms with Crippen LogP contribution in [0.25, 0.3) is 0 Å². The molecule has 2 rings (SSSR count). The quantitative estimate of drug-likeness (QED) is 0.679. The van der Waals surface area contributed by atoms with Crippen molar-refractivity contribution in [3.63, 3.8) is 0 Å². The molecule has 0 spiro atoms. The summed E-state index contributed by atoms with van der Waals surface area (Å²) in [5.41, 5.74) is 0. The third-order valence-electron chi connectivity index (χ3n) is 1.73. The van der Waals surface area contributed by atoms with E-state index in [0.29, 0.717) is 9.90 Å². The van der Waals surface area contributed by atoms with Crippen LogP contribution in [-0.4, -0.2) is 15.9 Å². The molecule has 1 amide bonds. The highest BCUT2D eigenvalue weighted by molar-refractivity contribution is 7.12. The van der Waals surface area contributed by atoms with E-state index in [1.54, 1.807) is 11.4 Å². The summed E-state index contributed by atoms with van der Waals surface area (Å²) in [6, 6.07) is 3.04. The number of aromatic nitrogens is 2. The van der Waals surface area contributed by atoms with Crippen molar-refractivity contribution >= 4 is 57.9 Å². The summed E-state index contributed by atoms with van der Waals surface area (Å²) in [6.45, 7) is 0. The van der Waals surface area contributed by atoms with Gasteiger partial charge in [-0.2, -0.15) is 0 Å². The minimum absolute atomic E-state index is 0.0370. The first-order chi connectivity index (χ1) is 8.06. The zero-order valence-electron chi connectivity index (χ0n) is 8.08. The molecule has 0 radical (unpaired) electrons. The van der Waals surface area contributed by atoms with Crippen LogP contribution in [0, 0.1) is 0 Å². The SMILES string of the molecule is O=C(Nc1cc(Cl)nc(Cl)n1)c1sccc1Cl. The number of rotatable bonds is 2. The van der Waals surface area contributed by atoms with Gasteiger partial charge < -0.3 is 5.32 Å². The molecule has 8 heteroatoms. The van der Waals surface area contributed by atoms with E-state index in [4.69, 9.17) is 34.8 Å². The van der Waals surface area contributed by atoms with Crippen LogP contribution < -0.4 is 5.32 Å². The van der Waals surface area contributed by atoms with Gasteiger partial charge in [-0.1, -0.05) is 23.2 Å². The van der Waals surface area contributed by atoms with E-state index in [0.717, 1.165) is 0 Å². The lowest BCUT2D eigenvalue weighted by atomic mass is 10.4. The third kappa shape index (κ3) is 3.07. The zero-order valence-corrected chi connectivity index (χ0v) is 11.2. The second-order valence-electron chi connectivity index (χ2n) is 2.90. The molecule has 0 fully saturated rings. The molecule has 0 saturated carbocycles. The topological polar surface area (TPSA) is 54.9 Å². The molecule has 0 aliphatic heterocycles. The van der Waals surface area contributed by atoms with E-state index in [1.807, 2.05) is 0 Å². The number of carbonyl (C=O) groups is 1. The average Bonchev–Trinajstić information content (AvgIpc) is 2.62. The third-order valence-corrected chi connectivity index (χ3v) is 3.44. The van der Waals surface area contributed by atoms with E-state index in [1.165, 1.54) is 17.4 Å². The Morgan fingerprint density at radius 3 is 2.65 bits per heavy atom. The molecule has 2 aromatic heterocycles. The Morgan fingerprint density at radius 2 is 2.06 bits per heavy atom. The molecule has 88 valence electrons. The Labute approximate surface area is 116 Å². The number of nitrogens with one attached hydrogen (secondary N) is 1. The molecule has 0 bridgehead atoms. The Kier molecular flexibility index (Phi) is 3.83. The number of halogens is 3. The summed E-state index contributed by atoms with van der Waals surface area (Å²) >= 11 is 18.3. The van der Waals surface area contributed by atoms with Gasteiger partial charge >= 0.3 is 0 Å². The van der Waals surface area contributed by atoms with Crippen LogP contribution in [0.2, 0.25) is 15.5 Å². The minimum Gasteiger partial charge on any atom is -0.306 e. The van der Waals surface area contributed by atoms with Crippen molar-refractivity contribution in [2.45, 2.75) is 0 Å². The van der Waals surface area contributed by atoms with Crippen LogP contribution in [0.5, 0.6) is 0 Å². The maximum atomic E-state index is 11.8. The Hall–Kier alpha value is -0.880. The number of hydrogen-bond donors (Lipinski definition) is 1. The van der Waals surface area contributed by atoms with Gasteiger partial charge in [0.05, 0.1) is 5.02 Å². The largest absolute Gasteiger partial charge is 0.306 e. The number of thiophene rings is 1. The normalized spacial score (nSPS) is 10.3. The van der Waals surface area contributed by atoms with Crippen molar-refractivity contribution in [3.05, 3.63) is 37.8 Å². The predicted molar refractivity (Wildman–Crippen MR) is 69.3 cm³/mol. The van der Waals surface area contributed by atoms with E-state index in [-0.39, 0.29) is 22.2 Å². The molecule has 0 aromatic carbocycles. The molecule has 0 unspecified atom stereocenters. The van der Waals surface area contributed by atoms with Crippen LogP contribution in [0.1, 0.15) is 9.67 Å². The Balaban J connectivity index is 2.21. The van der Waals surface area contributed by atoms with Crippen molar-refractivity contribution in [1.29, 1.82) is 0 Å². The number of nitrogens with zero attached hydrogens (tertiary/aromatic N) is 2. The smallest absolute Gasteiger partial charge is 0.268 e. The number of carbonyl (C=O) groups excluding carboxylic acids is 1. The number of amides is 1. The summed E-state index contributed by atoms with van der Waals surface area (Å²) in [7, 11) is 0. The summed E-state index contributed by atoms with van der Waals surface area (Å²) in [5, 5.41) is 4.75. The van der Waals surface area contributed by atoms with E-state index in [2.05, 4.69) is 15.3 Å². The standard InChI is InChI=1S/C9H4Cl3N3OS/c10-4-1-2-17-7(4)8(16)14-6-3-5(11)13-9(12)15-6/h1-3H,(H,13,14,15,16). The summed E-state index contributed by atoms with van der Waals surface area (Å²) in [4.78, 5) is 19.7. The van der Waals surface area contributed by atoms with Crippen molar-refractivity contribution in [2.24, 2.45) is 0 Å². The number of hydrogen-bond acceptors (Lipinski definition) is 4. The molecule has 0 atom stereocenters. The monoisotopic (exact) mass is 307 g/mol. The molecule has 0 saturated heterocycles. The van der Waals surface area contributed by atoms with Gasteiger partial charge in [0.15, 0.2) is 0 Å². The van der Waals surface area contributed by atoms with Gasteiger partial charge in [0.1, 0.15) is 15.8 Å². The highest BCUT2D eigenvalue weighted by atomic mass is 35.5. The highest BCUT2D eigenvalue weighted by Crippen LogP contribution is 2.23. The van der Waals surface area contributed by atoms with Gasteiger partial charge in [0.25, 0.3) is 5.91 Å². The first-order valence-electron chi connectivity index (χ1n) is 4.30. The lowest BCUT2D eigenvalue weighted by molar-refractivity contribution is 0.103. The maximum Gasteiger partial charge on any atom is 0.268 e. The lowest BCUT2D eigenvalue weighted by Gasteiger charge is -2.03. The Bertz CT molecular complexity index is 552. The highest BCUT2D eigenvalue weighted by Gasteiger charge is 2.13. The molecule has 2 heterocycles. The molecular formula is C9H4Cl3N3OS. The van der Waals surface area contributed by atoms with Crippen molar-refractivity contribution < 1.29 is 4.79 Å². The lowest BCUT2D eigenvalue weighted by Crippen LogP contribution is -2.12. The van der Waals surface area contributed by atoms with Crippen LogP contribution in [0.3, 0.4) is 0 Å². The van der Waals surface area contributed by atoms with Gasteiger partial charge in [-0.05, 0) is 23.0 Å². The summed E-state index contributed by atoms with van der Waals surface area (Å²) < 4.78 is 0. The minimum atomic E-state index is -0.365. The molecule has 17 heavy (non-hydrogen) atoms. The molecule has 0 aliphatic carbocycles. The van der Waals surface area contributed by atoms with Gasteiger partial charge in [0, 0.05) is 6.07 Å². The first-order valence-corrected chi connectivity index (χ1v) is 6.32. The molecular weight excluding hydrogens is 305 g/mol. The summed E-state index contributed by atoms with van der Waals surface area (Å²) in [5.74, 6) is -0.139. The number of anilines is 1. The van der Waals surface area contributed by atoms with Gasteiger partial charge in [-0.15, -0.1) is 11.3 Å². The van der Waals surface area contributed by atoms with Gasteiger partial charge in [0.2, 0.25) is 5.28 Å². The average molecular weight is 309 g/mol. The van der Waals surface area contributed by atoms with Crippen molar-refractivity contribution in [3.8, 4) is 0 Å². The Morgan fingerprint density at radius 1 is 1.29 bits per heavy atom. The van der Waals surface area contributed by atoms with E-state index < -0.39 is 0 Å². The van der Waals surface area contributed by atoms with Crippen molar-refractivity contribution in [2.75, 3.05) is 5.32 Å². The zero-order chi connectivity index (χ0) is 12.4. The van der Waals surface area contributed by atoms with Crippen LogP contribution in [-0.2, 0) is 0 Å². The van der Waals surface area contributed by atoms with E-state index in [9.17, 15) is 4.79 Å². The van der Waals surface area contributed by atoms with Crippen LogP contribution in [0.4, 0.5) is 5.82 Å². The molecule has 2 aromatic rings. The van der Waals surface area contributed by atoms with Gasteiger partial charge in [-0.3, -0.25) is 4.79 Å². The second-order valence-corrected chi connectivity index (χ2v) is 4.95.